The van der Waals surface area contributed by atoms with E-state index >= 15 is 0 Å². The molecule has 4 heterocycles. The van der Waals surface area contributed by atoms with Gasteiger partial charge < -0.3 is 4.90 Å². The SMILES string of the molecule is Cn1nc(CN2CCCC2)c2c1CN(C(=O)c1ccsc1)CC2. The minimum atomic E-state index is 0.138. The molecule has 0 radical (unpaired) electrons. The highest BCUT2D eigenvalue weighted by molar-refractivity contribution is 7.08. The molecule has 0 unspecified atom stereocenters. The molecule has 2 aromatic rings. The molecular weight excluding hydrogens is 308 g/mol. The van der Waals surface area contributed by atoms with Gasteiger partial charge in [-0.05, 0) is 43.8 Å². The molecule has 122 valence electrons. The second-order valence-corrected chi connectivity index (χ2v) is 7.25. The van der Waals surface area contributed by atoms with Crippen molar-refractivity contribution in [1.82, 2.24) is 19.6 Å². The molecule has 2 aromatic heterocycles. The molecule has 1 saturated heterocycles. The fraction of sp³-hybridized carbons (Fsp3) is 0.529. The van der Waals surface area contributed by atoms with E-state index in [0.29, 0.717) is 6.54 Å². The Balaban J connectivity index is 1.53. The van der Waals surface area contributed by atoms with E-state index in [1.807, 2.05) is 33.5 Å². The van der Waals surface area contributed by atoms with Crippen LogP contribution < -0.4 is 0 Å². The number of thiophene rings is 1. The number of likely N-dealkylation sites (tertiary alicyclic amines) is 1. The van der Waals surface area contributed by atoms with Crippen molar-refractivity contribution >= 4 is 17.2 Å². The van der Waals surface area contributed by atoms with Crippen LogP contribution in [0.2, 0.25) is 0 Å². The smallest absolute Gasteiger partial charge is 0.255 e. The number of aromatic nitrogens is 2. The van der Waals surface area contributed by atoms with Crippen LogP contribution in [0.5, 0.6) is 0 Å². The molecule has 6 heteroatoms. The Morgan fingerprint density at radius 2 is 2.13 bits per heavy atom. The summed E-state index contributed by atoms with van der Waals surface area (Å²) in [5.41, 5.74) is 4.59. The number of hydrogen-bond donors (Lipinski definition) is 0. The molecule has 5 nitrogen and oxygen atoms in total. The molecule has 4 rings (SSSR count). The standard InChI is InChI=1S/C17H22N4OS/c1-19-16-11-21(17(22)13-5-9-23-12-13)8-4-14(16)15(18-19)10-20-6-2-3-7-20/h5,9,12H,2-4,6-8,10-11H2,1H3. The third kappa shape index (κ3) is 2.81. The Kier molecular flexibility index (Phi) is 3.95. The second kappa shape index (κ2) is 6.09. The first-order valence-electron chi connectivity index (χ1n) is 8.30. The molecule has 0 spiro atoms. The summed E-state index contributed by atoms with van der Waals surface area (Å²) in [6.07, 6.45) is 3.53. The Morgan fingerprint density at radius 3 is 2.87 bits per heavy atom. The summed E-state index contributed by atoms with van der Waals surface area (Å²) < 4.78 is 1.98. The van der Waals surface area contributed by atoms with E-state index in [-0.39, 0.29) is 5.91 Å². The Bertz CT molecular complexity index is 701. The summed E-state index contributed by atoms with van der Waals surface area (Å²) in [6, 6.07) is 1.91. The van der Waals surface area contributed by atoms with Crippen molar-refractivity contribution in [2.75, 3.05) is 19.6 Å². The van der Waals surface area contributed by atoms with E-state index in [1.54, 1.807) is 11.3 Å². The lowest BCUT2D eigenvalue weighted by molar-refractivity contribution is 0.0730. The molecule has 0 atom stereocenters. The van der Waals surface area contributed by atoms with E-state index in [9.17, 15) is 4.79 Å². The van der Waals surface area contributed by atoms with Crippen LogP contribution in [-0.4, -0.2) is 45.1 Å². The lowest BCUT2D eigenvalue weighted by Crippen LogP contribution is -2.36. The van der Waals surface area contributed by atoms with Crippen molar-refractivity contribution in [3.05, 3.63) is 39.3 Å². The van der Waals surface area contributed by atoms with Crippen molar-refractivity contribution in [3.63, 3.8) is 0 Å². The van der Waals surface area contributed by atoms with Crippen molar-refractivity contribution in [3.8, 4) is 0 Å². The van der Waals surface area contributed by atoms with E-state index < -0.39 is 0 Å². The van der Waals surface area contributed by atoms with Crippen molar-refractivity contribution in [2.24, 2.45) is 7.05 Å². The molecule has 0 aliphatic carbocycles. The van der Waals surface area contributed by atoms with E-state index in [4.69, 9.17) is 5.10 Å². The molecular formula is C17H22N4OS. The van der Waals surface area contributed by atoms with Crippen LogP contribution in [0.15, 0.2) is 16.8 Å². The summed E-state index contributed by atoms with van der Waals surface area (Å²) in [5.74, 6) is 0.138. The topological polar surface area (TPSA) is 41.4 Å². The quantitative estimate of drug-likeness (QED) is 0.867. The summed E-state index contributed by atoms with van der Waals surface area (Å²) in [7, 11) is 2.00. The number of nitrogens with zero attached hydrogens (tertiary/aromatic N) is 4. The Hall–Kier alpha value is -1.66. The summed E-state index contributed by atoms with van der Waals surface area (Å²) in [4.78, 5) is 17.0. The van der Waals surface area contributed by atoms with Gasteiger partial charge in [-0.2, -0.15) is 16.4 Å². The van der Waals surface area contributed by atoms with Crippen LogP contribution in [0.1, 0.15) is 40.2 Å². The Labute approximate surface area is 140 Å². The zero-order valence-corrected chi connectivity index (χ0v) is 14.3. The van der Waals surface area contributed by atoms with Gasteiger partial charge in [0.05, 0.1) is 23.5 Å². The normalized spacial score (nSPS) is 18.4. The molecule has 1 amide bonds. The predicted octanol–water partition coefficient (Wildman–Crippen LogP) is 2.28. The number of fused-ring (bicyclic) bond motifs is 1. The van der Waals surface area contributed by atoms with Gasteiger partial charge in [0.2, 0.25) is 0 Å². The van der Waals surface area contributed by atoms with Crippen LogP contribution in [0.25, 0.3) is 0 Å². The first-order valence-corrected chi connectivity index (χ1v) is 9.24. The number of hydrogen-bond acceptors (Lipinski definition) is 4. The van der Waals surface area contributed by atoms with Gasteiger partial charge in [0, 0.05) is 31.1 Å². The van der Waals surface area contributed by atoms with Gasteiger partial charge in [-0.3, -0.25) is 14.4 Å². The fourth-order valence-corrected chi connectivity index (χ4v) is 4.31. The number of rotatable bonds is 3. The van der Waals surface area contributed by atoms with Crippen LogP contribution in [0.4, 0.5) is 0 Å². The zero-order valence-electron chi connectivity index (χ0n) is 13.5. The largest absolute Gasteiger partial charge is 0.332 e. The second-order valence-electron chi connectivity index (χ2n) is 6.47. The minimum Gasteiger partial charge on any atom is -0.332 e. The lowest BCUT2D eigenvalue weighted by Gasteiger charge is -2.27. The minimum absolute atomic E-state index is 0.138. The van der Waals surface area contributed by atoms with Crippen LogP contribution in [0, 0.1) is 0 Å². The highest BCUT2D eigenvalue weighted by Gasteiger charge is 2.28. The number of carbonyl (C=O) groups is 1. The van der Waals surface area contributed by atoms with Crippen molar-refractivity contribution in [1.29, 1.82) is 0 Å². The predicted molar refractivity (Wildman–Crippen MR) is 90.5 cm³/mol. The van der Waals surface area contributed by atoms with Crippen LogP contribution in [0.3, 0.4) is 0 Å². The molecule has 1 fully saturated rings. The molecule has 2 aliphatic heterocycles. The maximum atomic E-state index is 12.6. The van der Waals surface area contributed by atoms with Gasteiger partial charge in [-0.15, -0.1) is 0 Å². The highest BCUT2D eigenvalue weighted by Crippen LogP contribution is 2.25. The maximum absolute atomic E-state index is 12.6. The third-order valence-corrected chi connectivity index (χ3v) is 5.64. The monoisotopic (exact) mass is 330 g/mol. The summed E-state index contributed by atoms with van der Waals surface area (Å²) in [6.45, 7) is 4.80. The molecule has 0 saturated carbocycles. The van der Waals surface area contributed by atoms with Gasteiger partial charge in [0.25, 0.3) is 5.91 Å². The average Bonchev–Trinajstić information content (AvgIpc) is 3.30. The average molecular weight is 330 g/mol. The molecule has 0 aromatic carbocycles. The van der Waals surface area contributed by atoms with Gasteiger partial charge in [-0.1, -0.05) is 0 Å². The fourth-order valence-electron chi connectivity index (χ4n) is 3.68. The van der Waals surface area contributed by atoms with Crippen molar-refractivity contribution < 1.29 is 4.79 Å². The highest BCUT2D eigenvalue weighted by atomic mass is 32.1. The van der Waals surface area contributed by atoms with Gasteiger partial charge in [0.15, 0.2) is 0 Å². The van der Waals surface area contributed by atoms with E-state index in [2.05, 4.69) is 4.90 Å². The van der Waals surface area contributed by atoms with E-state index in [0.717, 1.165) is 25.1 Å². The third-order valence-electron chi connectivity index (χ3n) is 4.96. The first kappa shape index (κ1) is 14.9. The van der Waals surface area contributed by atoms with Gasteiger partial charge >= 0.3 is 0 Å². The maximum Gasteiger partial charge on any atom is 0.255 e. The summed E-state index contributed by atoms with van der Waals surface area (Å²) in [5, 5.41) is 8.64. The number of aryl methyl sites for hydroxylation is 1. The van der Waals surface area contributed by atoms with E-state index in [1.165, 1.54) is 42.9 Å². The van der Waals surface area contributed by atoms with Crippen LogP contribution >= 0.6 is 11.3 Å². The van der Waals surface area contributed by atoms with Crippen molar-refractivity contribution in [2.45, 2.75) is 32.4 Å². The summed E-state index contributed by atoms with van der Waals surface area (Å²) >= 11 is 1.57. The Morgan fingerprint density at radius 1 is 1.30 bits per heavy atom. The molecule has 0 bridgehead atoms. The van der Waals surface area contributed by atoms with Gasteiger partial charge in [-0.25, -0.2) is 0 Å². The zero-order chi connectivity index (χ0) is 15.8. The number of amides is 1. The molecule has 0 N–H and O–H groups in total. The molecule has 23 heavy (non-hydrogen) atoms. The number of carbonyl (C=O) groups excluding carboxylic acids is 1. The van der Waals surface area contributed by atoms with Crippen LogP contribution in [-0.2, 0) is 26.6 Å². The first-order chi connectivity index (χ1) is 11.2. The molecule has 2 aliphatic rings. The lowest BCUT2D eigenvalue weighted by atomic mass is 10.0. The van der Waals surface area contributed by atoms with Gasteiger partial charge in [0.1, 0.15) is 0 Å².